The summed E-state index contributed by atoms with van der Waals surface area (Å²) in [5.41, 5.74) is 7.50. The zero-order valence-electron chi connectivity index (χ0n) is 8.86. The lowest BCUT2D eigenvalue weighted by Gasteiger charge is -2.09. The highest BCUT2D eigenvalue weighted by atomic mass is 79.9. The standard InChI is InChI=1S/C12H10Br2N2O/c13-9-4-10(6-16-5-9)17-7-8-2-1-3-11(15)12(8)14/h1-6H,7,15H2. The quantitative estimate of drug-likeness (QED) is 0.850. The molecule has 1 heterocycles. The topological polar surface area (TPSA) is 48.1 Å². The van der Waals surface area contributed by atoms with E-state index in [-0.39, 0.29) is 0 Å². The van der Waals surface area contributed by atoms with Gasteiger partial charge in [0.25, 0.3) is 0 Å². The van der Waals surface area contributed by atoms with Gasteiger partial charge in [-0.3, -0.25) is 4.98 Å². The van der Waals surface area contributed by atoms with Crippen molar-refractivity contribution >= 4 is 37.5 Å². The zero-order chi connectivity index (χ0) is 12.3. The van der Waals surface area contributed by atoms with Gasteiger partial charge in [-0.05, 0) is 44.0 Å². The Morgan fingerprint density at radius 3 is 2.82 bits per heavy atom. The molecule has 0 aliphatic carbocycles. The number of nitrogens with zero attached hydrogens (tertiary/aromatic N) is 1. The Kier molecular flexibility index (Phi) is 4.02. The van der Waals surface area contributed by atoms with Crippen LogP contribution in [0.5, 0.6) is 5.75 Å². The molecule has 0 fully saturated rings. The molecule has 0 bridgehead atoms. The number of halogens is 2. The number of nitrogens with two attached hydrogens (primary N) is 1. The lowest BCUT2D eigenvalue weighted by atomic mass is 10.2. The van der Waals surface area contributed by atoms with Crippen LogP contribution in [0.2, 0.25) is 0 Å². The first-order valence-electron chi connectivity index (χ1n) is 4.93. The van der Waals surface area contributed by atoms with E-state index in [2.05, 4.69) is 36.8 Å². The number of rotatable bonds is 3. The average Bonchev–Trinajstić information content (AvgIpc) is 2.31. The van der Waals surface area contributed by atoms with E-state index in [0.717, 1.165) is 14.5 Å². The average molecular weight is 358 g/mol. The Labute approximate surface area is 116 Å². The number of ether oxygens (including phenoxy) is 1. The largest absolute Gasteiger partial charge is 0.487 e. The molecule has 17 heavy (non-hydrogen) atoms. The van der Waals surface area contributed by atoms with Crippen molar-refractivity contribution in [1.29, 1.82) is 0 Å². The zero-order valence-corrected chi connectivity index (χ0v) is 12.0. The van der Waals surface area contributed by atoms with Gasteiger partial charge in [-0.2, -0.15) is 0 Å². The van der Waals surface area contributed by atoms with Crippen molar-refractivity contribution in [3.05, 3.63) is 51.2 Å². The maximum absolute atomic E-state index is 5.79. The summed E-state index contributed by atoms with van der Waals surface area (Å²) in [6, 6.07) is 7.57. The molecule has 0 saturated carbocycles. The molecule has 1 aromatic heterocycles. The molecule has 0 amide bonds. The summed E-state index contributed by atoms with van der Waals surface area (Å²) in [6.07, 6.45) is 3.38. The molecule has 0 aliphatic rings. The highest BCUT2D eigenvalue weighted by molar-refractivity contribution is 9.11. The molecule has 0 aliphatic heterocycles. The van der Waals surface area contributed by atoms with Crippen LogP contribution in [-0.2, 0) is 6.61 Å². The summed E-state index contributed by atoms with van der Waals surface area (Å²) in [5.74, 6) is 0.716. The Balaban J connectivity index is 2.10. The van der Waals surface area contributed by atoms with Gasteiger partial charge in [-0.25, -0.2) is 0 Å². The van der Waals surface area contributed by atoms with Crippen molar-refractivity contribution in [3.63, 3.8) is 0 Å². The van der Waals surface area contributed by atoms with E-state index in [1.54, 1.807) is 12.4 Å². The molecule has 2 rings (SSSR count). The minimum absolute atomic E-state index is 0.448. The van der Waals surface area contributed by atoms with Crippen LogP contribution < -0.4 is 10.5 Å². The molecule has 3 nitrogen and oxygen atoms in total. The van der Waals surface area contributed by atoms with Crippen molar-refractivity contribution in [2.75, 3.05) is 5.73 Å². The Morgan fingerprint density at radius 1 is 1.24 bits per heavy atom. The first-order valence-corrected chi connectivity index (χ1v) is 6.51. The van der Waals surface area contributed by atoms with Crippen LogP contribution >= 0.6 is 31.9 Å². The lowest BCUT2D eigenvalue weighted by molar-refractivity contribution is 0.304. The number of hydrogen-bond acceptors (Lipinski definition) is 3. The predicted octanol–water partition coefficient (Wildman–Crippen LogP) is 3.77. The van der Waals surface area contributed by atoms with E-state index >= 15 is 0 Å². The SMILES string of the molecule is Nc1cccc(COc2cncc(Br)c2)c1Br. The molecule has 2 N–H and O–H groups in total. The normalized spacial score (nSPS) is 10.2. The smallest absolute Gasteiger partial charge is 0.139 e. The van der Waals surface area contributed by atoms with Gasteiger partial charge in [-0.1, -0.05) is 12.1 Å². The van der Waals surface area contributed by atoms with E-state index in [1.807, 2.05) is 24.3 Å². The number of nitrogen functional groups attached to an aromatic ring is 1. The summed E-state index contributed by atoms with van der Waals surface area (Å²) < 4.78 is 7.40. The van der Waals surface area contributed by atoms with E-state index < -0.39 is 0 Å². The summed E-state index contributed by atoms with van der Waals surface area (Å²) in [7, 11) is 0. The van der Waals surface area contributed by atoms with Gasteiger partial charge in [0, 0.05) is 26.4 Å². The molecule has 88 valence electrons. The van der Waals surface area contributed by atoms with Gasteiger partial charge in [0.15, 0.2) is 0 Å². The second-order valence-electron chi connectivity index (χ2n) is 3.45. The van der Waals surface area contributed by atoms with Crippen LogP contribution in [0.3, 0.4) is 0 Å². The van der Waals surface area contributed by atoms with Crippen LogP contribution in [0.1, 0.15) is 5.56 Å². The van der Waals surface area contributed by atoms with Crippen LogP contribution in [-0.4, -0.2) is 4.98 Å². The van der Waals surface area contributed by atoms with Crippen LogP contribution in [0, 0.1) is 0 Å². The maximum Gasteiger partial charge on any atom is 0.139 e. The Morgan fingerprint density at radius 2 is 2.06 bits per heavy atom. The monoisotopic (exact) mass is 356 g/mol. The Hall–Kier alpha value is -1.07. The molecule has 0 spiro atoms. The Bertz CT molecular complexity index is 532. The van der Waals surface area contributed by atoms with Crippen LogP contribution in [0.4, 0.5) is 5.69 Å². The maximum atomic E-state index is 5.79. The number of anilines is 1. The molecule has 2 aromatic rings. The summed E-state index contributed by atoms with van der Waals surface area (Å²) >= 11 is 6.78. The molecule has 0 radical (unpaired) electrons. The molecule has 0 atom stereocenters. The second kappa shape index (κ2) is 5.51. The molecular weight excluding hydrogens is 348 g/mol. The first kappa shape index (κ1) is 12.4. The van der Waals surface area contributed by atoms with E-state index in [0.29, 0.717) is 18.0 Å². The minimum atomic E-state index is 0.448. The van der Waals surface area contributed by atoms with Gasteiger partial charge in [0.05, 0.1) is 6.20 Å². The van der Waals surface area contributed by atoms with Gasteiger partial charge in [0.2, 0.25) is 0 Å². The molecular formula is C12H10Br2N2O. The fraction of sp³-hybridized carbons (Fsp3) is 0.0833. The third-order valence-corrected chi connectivity index (χ3v) is 3.58. The third-order valence-electron chi connectivity index (χ3n) is 2.18. The molecule has 0 saturated heterocycles. The second-order valence-corrected chi connectivity index (χ2v) is 5.16. The molecule has 5 heteroatoms. The fourth-order valence-corrected chi connectivity index (χ4v) is 2.07. The number of benzene rings is 1. The van der Waals surface area contributed by atoms with Crippen molar-refractivity contribution < 1.29 is 4.74 Å². The van der Waals surface area contributed by atoms with Crippen molar-refractivity contribution in [2.24, 2.45) is 0 Å². The number of pyridine rings is 1. The van der Waals surface area contributed by atoms with Crippen LogP contribution in [0.25, 0.3) is 0 Å². The van der Waals surface area contributed by atoms with Gasteiger partial charge in [-0.15, -0.1) is 0 Å². The van der Waals surface area contributed by atoms with E-state index in [4.69, 9.17) is 10.5 Å². The minimum Gasteiger partial charge on any atom is -0.487 e. The number of aromatic nitrogens is 1. The van der Waals surface area contributed by atoms with Gasteiger partial charge in [0.1, 0.15) is 12.4 Å². The van der Waals surface area contributed by atoms with Crippen molar-refractivity contribution in [3.8, 4) is 5.75 Å². The summed E-state index contributed by atoms with van der Waals surface area (Å²) in [5, 5.41) is 0. The predicted molar refractivity (Wildman–Crippen MR) is 74.8 cm³/mol. The first-order chi connectivity index (χ1) is 8.16. The van der Waals surface area contributed by atoms with Gasteiger partial charge >= 0.3 is 0 Å². The molecule has 0 unspecified atom stereocenters. The summed E-state index contributed by atoms with van der Waals surface area (Å²) in [6.45, 7) is 0.448. The van der Waals surface area contributed by atoms with Crippen molar-refractivity contribution in [2.45, 2.75) is 6.61 Å². The van der Waals surface area contributed by atoms with Crippen LogP contribution in [0.15, 0.2) is 45.6 Å². The number of hydrogen-bond donors (Lipinski definition) is 1. The summed E-state index contributed by atoms with van der Waals surface area (Å²) in [4.78, 5) is 4.03. The highest BCUT2D eigenvalue weighted by Crippen LogP contribution is 2.25. The van der Waals surface area contributed by atoms with E-state index in [1.165, 1.54) is 0 Å². The molecule has 1 aromatic carbocycles. The van der Waals surface area contributed by atoms with E-state index in [9.17, 15) is 0 Å². The lowest BCUT2D eigenvalue weighted by Crippen LogP contribution is -1.99. The highest BCUT2D eigenvalue weighted by Gasteiger charge is 2.04. The fourth-order valence-electron chi connectivity index (χ4n) is 1.34. The van der Waals surface area contributed by atoms with Crippen molar-refractivity contribution in [1.82, 2.24) is 4.98 Å². The van der Waals surface area contributed by atoms with Gasteiger partial charge < -0.3 is 10.5 Å². The third kappa shape index (κ3) is 3.20.